The third kappa shape index (κ3) is 5.42. The molecule has 1 fully saturated rings. The summed E-state index contributed by atoms with van der Waals surface area (Å²) in [5.74, 6) is 1.92. The van der Waals surface area contributed by atoms with Gasteiger partial charge in [-0.15, -0.1) is 0 Å². The highest BCUT2D eigenvalue weighted by Gasteiger charge is 2.47. The van der Waals surface area contributed by atoms with E-state index >= 15 is 0 Å². The van der Waals surface area contributed by atoms with Gasteiger partial charge < -0.3 is 24.4 Å². The maximum absolute atomic E-state index is 14.1. The number of nitrogens with one attached hydrogen (secondary N) is 1. The number of hydrogen-bond acceptors (Lipinski definition) is 4. The molecule has 39 heavy (non-hydrogen) atoms. The third-order valence-electron chi connectivity index (χ3n) is 8.60. The molecule has 0 bridgehead atoms. The molecule has 0 spiro atoms. The molecule has 2 aromatic carbocycles. The number of amides is 2. The molecule has 3 atom stereocenters. The van der Waals surface area contributed by atoms with E-state index in [1.165, 1.54) is 6.42 Å². The molecule has 208 valence electrons. The largest absolute Gasteiger partial charge is 0.497 e. The maximum atomic E-state index is 14.1. The fraction of sp³-hybridized carbons (Fsp3) is 0.500. The molecule has 1 saturated heterocycles. The smallest absolute Gasteiger partial charge is 0.271 e. The highest BCUT2D eigenvalue weighted by atomic mass is 16.5. The lowest BCUT2D eigenvalue weighted by Crippen LogP contribution is -2.63. The molecule has 0 radical (unpaired) electrons. The van der Waals surface area contributed by atoms with Crippen molar-refractivity contribution in [1.29, 1.82) is 0 Å². The Morgan fingerprint density at radius 2 is 1.85 bits per heavy atom. The minimum Gasteiger partial charge on any atom is -0.497 e. The molecule has 1 aromatic heterocycles. The summed E-state index contributed by atoms with van der Waals surface area (Å²) < 4.78 is 7.45. The van der Waals surface area contributed by atoms with Gasteiger partial charge in [0.2, 0.25) is 5.91 Å². The van der Waals surface area contributed by atoms with Crippen molar-refractivity contribution in [2.75, 3.05) is 33.3 Å². The fourth-order valence-corrected chi connectivity index (χ4v) is 6.53. The summed E-state index contributed by atoms with van der Waals surface area (Å²) in [6, 6.07) is 15.8. The zero-order valence-corrected chi connectivity index (χ0v) is 24.0. The summed E-state index contributed by atoms with van der Waals surface area (Å²) in [7, 11) is 1.64. The summed E-state index contributed by atoms with van der Waals surface area (Å²) in [5, 5.41) is 4.16. The molecule has 1 N–H and O–H groups in total. The first-order valence-corrected chi connectivity index (χ1v) is 14.2. The summed E-state index contributed by atoms with van der Waals surface area (Å²) in [4.78, 5) is 32.3. The molecule has 0 aliphatic carbocycles. The van der Waals surface area contributed by atoms with E-state index in [-0.39, 0.29) is 11.8 Å². The molecule has 3 aromatic rings. The number of hydrogen-bond donors (Lipinski definition) is 1. The van der Waals surface area contributed by atoms with E-state index in [4.69, 9.17) is 4.74 Å². The van der Waals surface area contributed by atoms with Crippen LogP contribution in [0.25, 0.3) is 10.9 Å². The number of ether oxygens (including phenoxy) is 1. The van der Waals surface area contributed by atoms with Gasteiger partial charge in [-0.1, -0.05) is 38.1 Å². The Morgan fingerprint density at radius 1 is 1.10 bits per heavy atom. The van der Waals surface area contributed by atoms with Crippen LogP contribution in [0.15, 0.2) is 48.5 Å². The Morgan fingerprint density at radius 3 is 2.56 bits per heavy atom. The molecule has 7 nitrogen and oxygen atoms in total. The Bertz CT molecular complexity index is 1350. The predicted octanol–water partition coefficient (Wildman–Crippen LogP) is 4.86. The number of nitrogens with zero attached hydrogens (tertiary/aromatic N) is 3. The number of aromatic nitrogens is 1. The van der Waals surface area contributed by atoms with Gasteiger partial charge in [0.25, 0.3) is 5.91 Å². The summed E-state index contributed by atoms with van der Waals surface area (Å²) in [5.41, 5.74) is 2.61. The zero-order chi connectivity index (χ0) is 27.7. The number of methoxy groups -OCH3 is 1. The number of fused-ring (bicyclic) bond motifs is 3. The van der Waals surface area contributed by atoms with Crippen molar-refractivity contribution in [2.24, 2.45) is 11.8 Å². The van der Waals surface area contributed by atoms with Gasteiger partial charge in [0.15, 0.2) is 0 Å². The van der Waals surface area contributed by atoms with Crippen molar-refractivity contribution in [2.45, 2.75) is 59.2 Å². The minimum atomic E-state index is -1.05. The van der Waals surface area contributed by atoms with Gasteiger partial charge in [0.1, 0.15) is 17.0 Å². The van der Waals surface area contributed by atoms with Crippen molar-refractivity contribution < 1.29 is 14.3 Å². The lowest BCUT2D eigenvalue weighted by Gasteiger charge is -2.44. The molecule has 3 unspecified atom stereocenters. The first kappa shape index (κ1) is 27.3. The summed E-state index contributed by atoms with van der Waals surface area (Å²) in [6.07, 6.45) is 2.18. The van der Waals surface area contributed by atoms with Crippen LogP contribution in [0.5, 0.6) is 5.75 Å². The van der Waals surface area contributed by atoms with Crippen molar-refractivity contribution in [3.63, 3.8) is 0 Å². The molecular weight excluding hydrogens is 488 g/mol. The van der Waals surface area contributed by atoms with Crippen LogP contribution in [-0.2, 0) is 17.9 Å². The lowest BCUT2D eigenvalue weighted by atomic mass is 9.92. The van der Waals surface area contributed by atoms with Crippen LogP contribution in [0.4, 0.5) is 0 Å². The van der Waals surface area contributed by atoms with Crippen LogP contribution < -0.4 is 10.1 Å². The van der Waals surface area contributed by atoms with E-state index in [1.54, 1.807) is 12.0 Å². The van der Waals surface area contributed by atoms with E-state index in [1.807, 2.05) is 66.9 Å². The van der Waals surface area contributed by atoms with Gasteiger partial charge in [-0.25, -0.2) is 0 Å². The van der Waals surface area contributed by atoms with E-state index in [2.05, 4.69) is 24.1 Å². The van der Waals surface area contributed by atoms with Gasteiger partial charge in [-0.2, -0.15) is 0 Å². The van der Waals surface area contributed by atoms with E-state index in [0.29, 0.717) is 25.3 Å². The summed E-state index contributed by atoms with van der Waals surface area (Å²) in [6.45, 7) is 13.2. The van der Waals surface area contributed by atoms with E-state index in [0.717, 1.165) is 65.7 Å². The van der Waals surface area contributed by atoms with Gasteiger partial charge in [0, 0.05) is 37.6 Å². The quantitative estimate of drug-likeness (QED) is 0.423. The normalized spacial score (nSPS) is 23.6. The second-order valence-electron chi connectivity index (χ2n) is 11.9. The van der Waals surface area contributed by atoms with Crippen LogP contribution in [0.3, 0.4) is 0 Å². The average molecular weight is 531 g/mol. The highest BCUT2D eigenvalue weighted by Crippen LogP contribution is 2.35. The van der Waals surface area contributed by atoms with Crippen LogP contribution in [0.1, 0.15) is 55.2 Å². The number of carbonyl (C=O) groups is 2. The van der Waals surface area contributed by atoms with Crippen LogP contribution in [0, 0.1) is 18.8 Å². The molecular formula is C32H42N4O3. The standard InChI is InChI=1S/C32H42N4O3/c1-22-15-23(2)19-34(18-22)14-8-13-33-31(38)32(4)21-35-28-17-27(39-5)12-11-25(28)16-29(35)30(37)36(32)20-26-10-7-6-9-24(26)3/h6-7,9-12,16-17,22-23H,8,13-15,18-21H2,1-5H3,(H,33,38). The van der Waals surface area contributed by atoms with Gasteiger partial charge >= 0.3 is 0 Å². The number of rotatable bonds is 8. The van der Waals surface area contributed by atoms with E-state index < -0.39 is 5.54 Å². The second kappa shape index (κ2) is 11.0. The maximum Gasteiger partial charge on any atom is 0.271 e. The Labute approximate surface area is 232 Å². The minimum absolute atomic E-state index is 0.111. The number of piperidine rings is 1. The van der Waals surface area contributed by atoms with Crippen molar-refractivity contribution in [3.05, 3.63) is 65.4 Å². The lowest BCUT2D eigenvalue weighted by molar-refractivity contribution is -0.133. The monoisotopic (exact) mass is 530 g/mol. The summed E-state index contributed by atoms with van der Waals surface area (Å²) >= 11 is 0. The van der Waals surface area contributed by atoms with Gasteiger partial charge in [-0.3, -0.25) is 9.59 Å². The van der Waals surface area contributed by atoms with Gasteiger partial charge in [-0.05, 0) is 74.4 Å². The van der Waals surface area contributed by atoms with Crippen LogP contribution >= 0.6 is 0 Å². The first-order valence-electron chi connectivity index (χ1n) is 14.2. The molecule has 5 rings (SSSR count). The van der Waals surface area contributed by atoms with Crippen molar-refractivity contribution in [3.8, 4) is 5.75 Å². The zero-order valence-electron chi connectivity index (χ0n) is 24.0. The molecule has 2 aliphatic rings. The molecule has 2 aliphatic heterocycles. The Kier molecular flexibility index (Phi) is 7.72. The Balaban J connectivity index is 1.39. The number of benzene rings is 2. The SMILES string of the molecule is COc1ccc2cc3n(c2c1)CC(C)(C(=O)NCCCN1CC(C)CC(C)C1)N(Cc1ccccc1C)C3=O. The number of carbonyl (C=O) groups excluding carboxylic acids is 2. The Hall–Kier alpha value is -3.32. The van der Waals surface area contributed by atoms with Crippen molar-refractivity contribution >= 4 is 22.7 Å². The van der Waals surface area contributed by atoms with Crippen molar-refractivity contribution in [1.82, 2.24) is 19.7 Å². The van der Waals surface area contributed by atoms with Crippen LogP contribution in [-0.4, -0.2) is 65.0 Å². The van der Waals surface area contributed by atoms with Gasteiger partial charge in [0.05, 0.1) is 19.2 Å². The molecule has 3 heterocycles. The second-order valence-corrected chi connectivity index (χ2v) is 11.9. The average Bonchev–Trinajstić information content (AvgIpc) is 3.26. The number of aryl methyl sites for hydroxylation is 1. The highest BCUT2D eigenvalue weighted by molar-refractivity contribution is 6.03. The molecule has 2 amide bonds. The first-order chi connectivity index (χ1) is 18.7. The molecule has 0 saturated carbocycles. The predicted molar refractivity (Wildman–Crippen MR) is 155 cm³/mol. The fourth-order valence-electron chi connectivity index (χ4n) is 6.53. The number of likely N-dealkylation sites (tertiary alicyclic amines) is 1. The van der Waals surface area contributed by atoms with E-state index in [9.17, 15) is 9.59 Å². The third-order valence-corrected chi connectivity index (χ3v) is 8.60. The molecule has 7 heteroatoms. The van der Waals surface area contributed by atoms with Crippen LogP contribution in [0.2, 0.25) is 0 Å². The topological polar surface area (TPSA) is 66.8 Å².